The molecule has 0 spiro atoms. The lowest BCUT2D eigenvalue weighted by Gasteiger charge is -2.22. The van der Waals surface area contributed by atoms with Gasteiger partial charge in [0.15, 0.2) is 0 Å². The van der Waals surface area contributed by atoms with E-state index in [4.69, 9.17) is 23.2 Å². The maximum atomic E-state index is 12.3. The highest BCUT2D eigenvalue weighted by Crippen LogP contribution is 2.33. The van der Waals surface area contributed by atoms with Crippen molar-refractivity contribution in [2.45, 2.75) is 23.8 Å². The van der Waals surface area contributed by atoms with Gasteiger partial charge in [0.2, 0.25) is 10.0 Å². The van der Waals surface area contributed by atoms with Gasteiger partial charge < -0.3 is 0 Å². The van der Waals surface area contributed by atoms with Crippen LogP contribution in [0.4, 0.5) is 0 Å². The third-order valence-corrected chi connectivity index (χ3v) is 6.83. The molecule has 0 aromatic heterocycles. The van der Waals surface area contributed by atoms with Crippen molar-refractivity contribution in [3.05, 3.63) is 26.7 Å². The van der Waals surface area contributed by atoms with Crippen LogP contribution in [-0.2, 0) is 10.0 Å². The smallest absolute Gasteiger partial charge is 0.207 e. The van der Waals surface area contributed by atoms with Crippen LogP contribution < -0.4 is 4.72 Å². The SMILES string of the molecule is O=S(=O)(NC1CCCSC1)c1c(Cl)cc(Br)cc1Cl. The van der Waals surface area contributed by atoms with Gasteiger partial charge in [-0.2, -0.15) is 11.8 Å². The van der Waals surface area contributed by atoms with Crippen molar-refractivity contribution < 1.29 is 8.42 Å². The number of halogens is 3. The molecule has 1 aliphatic rings. The Morgan fingerprint density at radius 3 is 2.47 bits per heavy atom. The number of benzene rings is 1. The van der Waals surface area contributed by atoms with Crippen LogP contribution in [0.1, 0.15) is 12.8 Å². The summed E-state index contributed by atoms with van der Waals surface area (Å²) in [6, 6.07) is 2.99. The maximum absolute atomic E-state index is 12.3. The zero-order chi connectivity index (χ0) is 14.0. The standard InChI is InChI=1S/C11H12BrCl2NO2S2/c12-7-4-9(13)11(10(14)5-7)19(16,17)15-8-2-1-3-18-6-8/h4-5,8,15H,1-3,6H2. The second-order valence-corrected chi connectivity index (χ2v) is 8.76. The van der Waals surface area contributed by atoms with Crippen LogP contribution in [-0.4, -0.2) is 26.0 Å². The molecule has 19 heavy (non-hydrogen) atoms. The first-order valence-corrected chi connectivity index (χ1v) is 9.83. The molecule has 1 N–H and O–H groups in total. The molecule has 1 heterocycles. The van der Waals surface area contributed by atoms with Crippen molar-refractivity contribution in [1.82, 2.24) is 4.72 Å². The van der Waals surface area contributed by atoms with Gasteiger partial charge in [-0.15, -0.1) is 0 Å². The zero-order valence-electron chi connectivity index (χ0n) is 9.83. The Morgan fingerprint density at radius 2 is 1.95 bits per heavy atom. The molecule has 0 amide bonds. The first kappa shape index (κ1) is 15.9. The van der Waals surface area contributed by atoms with Crippen molar-refractivity contribution >= 4 is 60.9 Å². The minimum absolute atomic E-state index is 0.0467. The summed E-state index contributed by atoms with van der Waals surface area (Å²) in [7, 11) is -3.69. The largest absolute Gasteiger partial charge is 0.243 e. The van der Waals surface area contributed by atoms with Gasteiger partial charge in [-0.3, -0.25) is 0 Å². The lowest BCUT2D eigenvalue weighted by atomic mass is 10.2. The van der Waals surface area contributed by atoms with Crippen LogP contribution in [0, 0.1) is 0 Å². The van der Waals surface area contributed by atoms with E-state index < -0.39 is 10.0 Å². The predicted octanol–water partition coefficient (Wildman–Crippen LogP) is 3.93. The van der Waals surface area contributed by atoms with Crippen LogP contribution in [0.25, 0.3) is 0 Å². The van der Waals surface area contributed by atoms with Gasteiger partial charge in [0.25, 0.3) is 0 Å². The third kappa shape index (κ3) is 4.02. The third-order valence-electron chi connectivity index (χ3n) is 2.71. The van der Waals surface area contributed by atoms with Crippen LogP contribution in [0.15, 0.2) is 21.5 Å². The lowest BCUT2D eigenvalue weighted by Crippen LogP contribution is -2.38. The summed E-state index contributed by atoms with van der Waals surface area (Å²) in [6.07, 6.45) is 1.86. The highest BCUT2D eigenvalue weighted by atomic mass is 79.9. The van der Waals surface area contributed by atoms with Gasteiger partial charge in [0, 0.05) is 16.3 Å². The summed E-state index contributed by atoms with van der Waals surface area (Å²) in [4.78, 5) is -0.0467. The molecule has 1 saturated heterocycles. The number of thioether (sulfide) groups is 1. The zero-order valence-corrected chi connectivity index (χ0v) is 14.6. The minimum atomic E-state index is -3.69. The highest BCUT2D eigenvalue weighted by Gasteiger charge is 2.26. The molecule has 1 unspecified atom stereocenters. The number of hydrogen-bond acceptors (Lipinski definition) is 3. The Bertz CT molecular complexity index is 551. The summed E-state index contributed by atoms with van der Waals surface area (Å²) in [5, 5.41) is 0.241. The molecule has 1 fully saturated rings. The lowest BCUT2D eigenvalue weighted by molar-refractivity contribution is 0.543. The van der Waals surface area contributed by atoms with E-state index >= 15 is 0 Å². The van der Waals surface area contributed by atoms with E-state index in [1.807, 2.05) is 0 Å². The number of sulfonamides is 1. The molecule has 0 radical (unpaired) electrons. The predicted molar refractivity (Wildman–Crippen MR) is 84.8 cm³/mol. The number of rotatable bonds is 3. The summed E-state index contributed by atoms with van der Waals surface area (Å²) in [5.74, 6) is 1.86. The number of nitrogens with one attached hydrogen (secondary N) is 1. The van der Waals surface area contributed by atoms with Gasteiger partial charge in [0.05, 0.1) is 10.0 Å². The molecular formula is C11H12BrCl2NO2S2. The van der Waals surface area contributed by atoms with Crippen LogP contribution in [0.5, 0.6) is 0 Å². The molecule has 0 bridgehead atoms. The molecular weight excluding hydrogens is 393 g/mol. The molecule has 1 atom stereocenters. The minimum Gasteiger partial charge on any atom is -0.207 e. The normalized spacial score (nSPS) is 20.5. The molecule has 0 aliphatic carbocycles. The number of hydrogen-bond donors (Lipinski definition) is 1. The van der Waals surface area contributed by atoms with Crippen LogP contribution in [0.2, 0.25) is 10.0 Å². The van der Waals surface area contributed by atoms with Gasteiger partial charge in [-0.05, 0) is 30.7 Å². The van der Waals surface area contributed by atoms with Crippen molar-refractivity contribution in [3.8, 4) is 0 Å². The molecule has 0 saturated carbocycles. The van der Waals surface area contributed by atoms with E-state index in [9.17, 15) is 8.42 Å². The van der Waals surface area contributed by atoms with E-state index in [0.29, 0.717) is 4.47 Å². The fourth-order valence-electron chi connectivity index (χ4n) is 1.90. The van der Waals surface area contributed by atoms with Crippen molar-refractivity contribution in [3.63, 3.8) is 0 Å². The monoisotopic (exact) mass is 403 g/mol. The maximum Gasteiger partial charge on any atom is 0.243 e. The fourth-order valence-corrected chi connectivity index (χ4v) is 6.28. The highest BCUT2D eigenvalue weighted by molar-refractivity contribution is 9.10. The van der Waals surface area contributed by atoms with Crippen molar-refractivity contribution in [2.75, 3.05) is 11.5 Å². The second kappa shape index (κ2) is 6.54. The van der Waals surface area contributed by atoms with Gasteiger partial charge in [0.1, 0.15) is 4.90 Å². The fraction of sp³-hybridized carbons (Fsp3) is 0.455. The molecule has 8 heteroatoms. The molecule has 3 nitrogen and oxygen atoms in total. The molecule has 1 aromatic carbocycles. The first-order chi connectivity index (χ1) is 8.90. The Kier molecular flexibility index (Phi) is 5.48. The Morgan fingerprint density at radius 1 is 1.32 bits per heavy atom. The second-order valence-electron chi connectivity index (χ2n) is 4.23. The van der Waals surface area contributed by atoms with Crippen molar-refractivity contribution in [1.29, 1.82) is 0 Å². The van der Waals surface area contributed by atoms with Gasteiger partial charge in [-0.25, -0.2) is 13.1 Å². The first-order valence-electron chi connectivity index (χ1n) is 5.65. The molecule has 1 aromatic rings. The van der Waals surface area contributed by atoms with Gasteiger partial charge >= 0.3 is 0 Å². The Balaban J connectivity index is 2.29. The summed E-state index contributed by atoms with van der Waals surface area (Å²) < 4.78 is 28.0. The quantitative estimate of drug-likeness (QED) is 0.829. The van der Waals surface area contributed by atoms with E-state index in [2.05, 4.69) is 20.7 Å². The Hall–Kier alpha value is 0.540. The molecule has 106 valence electrons. The topological polar surface area (TPSA) is 46.2 Å². The van der Waals surface area contributed by atoms with Crippen molar-refractivity contribution in [2.24, 2.45) is 0 Å². The summed E-state index contributed by atoms with van der Waals surface area (Å²) >= 11 is 17.0. The van der Waals surface area contributed by atoms with Gasteiger partial charge in [-0.1, -0.05) is 39.1 Å². The summed E-state index contributed by atoms with van der Waals surface area (Å²) in [5.41, 5.74) is 0. The van der Waals surface area contributed by atoms with E-state index in [1.54, 1.807) is 11.8 Å². The van der Waals surface area contributed by atoms with E-state index in [0.717, 1.165) is 24.3 Å². The summed E-state index contributed by atoms with van der Waals surface area (Å²) in [6.45, 7) is 0. The Labute approximate surface area is 135 Å². The molecule has 1 aliphatic heterocycles. The van der Waals surface area contributed by atoms with E-state index in [1.165, 1.54) is 12.1 Å². The van der Waals surface area contributed by atoms with Crippen LogP contribution >= 0.6 is 50.9 Å². The van der Waals surface area contributed by atoms with E-state index in [-0.39, 0.29) is 21.0 Å². The molecule has 2 rings (SSSR count). The average molecular weight is 405 g/mol. The van der Waals surface area contributed by atoms with Crippen LogP contribution in [0.3, 0.4) is 0 Å². The average Bonchev–Trinajstić information content (AvgIpc) is 2.27.